The predicted molar refractivity (Wildman–Crippen MR) is 71.8 cm³/mol. The minimum atomic E-state index is 0.125. The maximum absolute atomic E-state index is 11.8. The lowest BCUT2D eigenvalue weighted by molar-refractivity contribution is -0.117. The van der Waals surface area contributed by atoms with Gasteiger partial charge in [0, 0.05) is 19.0 Å². The van der Waals surface area contributed by atoms with Gasteiger partial charge in [0.2, 0.25) is 5.91 Å². The fourth-order valence-electron chi connectivity index (χ4n) is 2.39. The Balaban J connectivity index is 1.78. The van der Waals surface area contributed by atoms with Crippen LogP contribution in [0.5, 0.6) is 0 Å². The highest BCUT2D eigenvalue weighted by Gasteiger charge is 2.30. The molecule has 18 heavy (non-hydrogen) atoms. The van der Waals surface area contributed by atoms with E-state index in [1.807, 2.05) is 13.0 Å². The zero-order valence-electron chi connectivity index (χ0n) is 10.8. The quantitative estimate of drug-likeness (QED) is 0.889. The number of nitrogens with zero attached hydrogens (tertiary/aromatic N) is 2. The summed E-state index contributed by atoms with van der Waals surface area (Å²) in [5.41, 5.74) is 1.15. The number of aromatic nitrogens is 1. The Labute approximate surface area is 107 Å². The number of nitrogens with one attached hydrogen (secondary N) is 1. The molecule has 1 amide bonds. The van der Waals surface area contributed by atoms with Gasteiger partial charge in [0.1, 0.15) is 11.6 Å². The molecule has 2 aliphatic rings. The van der Waals surface area contributed by atoms with Crippen LogP contribution in [0.15, 0.2) is 12.1 Å². The number of aryl methyl sites for hydroxylation is 1. The lowest BCUT2D eigenvalue weighted by Gasteiger charge is -2.18. The Morgan fingerprint density at radius 3 is 2.72 bits per heavy atom. The van der Waals surface area contributed by atoms with Gasteiger partial charge in [-0.1, -0.05) is 0 Å². The van der Waals surface area contributed by atoms with E-state index in [0.29, 0.717) is 5.82 Å². The minimum absolute atomic E-state index is 0.125. The van der Waals surface area contributed by atoms with Crippen LogP contribution in [0.25, 0.3) is 0 Å². The van der Waals surface area contributed by atoms with Crippen LogP contribution in [0.3, 0.4) is 0 Å². The number of rotatable bonds is 3. The molecule has 96 valence electrons. The first-order valence-electron chi connectivity index (χ1n) is 6.77. The lowest BCUT2D eigenvalue weighted by Crippen LogP contribution is -2.21. The normalized spacial score (nSPS) is 19.1. The van der Waals surface area contributed by atoms with Crippen molar-refractivity contribution in [3.8, 4) is 0 Å². The van der Waals surface area contributed by atoms with Gasteiger partial charge in [-0.2, -0.15) is 0 Å². The Kier molecular flexibility index (Phi) is 2.94. The zero-order chi connectivity index (χ0) is 12.5. The smallest absolute Gasteiger partial charge is 0.228 e. The number of hydrogen-bond donors (Lipinski definition) is 1. The fraction of sp³-hybridized carbons (Fsp3) is 0.571. The van der Waals surface area contributed by atoms with Gasteiger partial charge >= 0.3 is 0 Å². The third-order valence-corrected chi connectivity index (χ3v) is 3.59. The van der Waals surface area contributed by atoms with E-state index >= 15 is 0 Å². The van der Waals surface area contributed by atoms with Crippen LogP contribution in [0.4, 0.5) is 11.6 Å². The van der Waals surface area contributed by atoms with Crippen molar-refractivity contribution in [3.05, 3.63) is 17.7 Å². The molecule has 1 saturated carbocycles. The third-order valence-electron chi connectivity index (χ3n) is 3.59. The van der Waals surface area contributed by atoms with Crippen molar-refractivity contribution in [1.29, 1.82) is 0 Å². The Bertz CT molecular complexity index is 462. The van der Waals surface area contributed by atoms with E-state index in [4.69, 9.17) is 0 Å². The highest BCUT2D eigenvalue weighted by molar-refractivity contribution is 5.93. The molecule has 4 heteroatoms. The molecular weight excluding hydrogens is 226 g/mol. The van der Waals surface area contributed by atoms with Gasteiger partial charge in [-0.25, -0.2) is 4.98 Å². The largest absolute Gasteiger partial charge is 0.357 e. The van der Waals surface area contributed by atoms with Crippen molar-refractivity contribution in [2.24, 2.45) is 5.92 Å². The molecule has 4 nitrogen and oxygen atoms in total. The monoisotopic (exact) mass is 245 g/mol. The first kappa shape index (κ1) is 11.5. The summed E-state index contributed by atoms with van der Waals surface area (Å²) in [6.07, 6.45) is 4.52. The summed E-state index contributed by atoms with van der Waals surface area (Å²) in [6.45, 7) is 4.20. The van der Waals surface area contributed by atoms with Crippen molar-refractivity contribution in [3.63, 3.8) is 0 Å². The van der Waals surface area contributed by atoms with Crippen LogP contribution >= 0.6 is 0 Å². The van der Waals surface area contributed by atoms with E-state index in [0.717, 1.165) is 37.3 Å². The highest BCUT2D eigenvalue weighted by Crippen LogP contribution is 2.30. The van der Waals surface area contributed by atoms with Crippen molar-refractivity contribution in [1.82, 2.24) is 4.98 Å². The first-order valence-corrected chi connectivity index (χ1v) is 6.77. The molecule has 1 aromatic heterocycles. The molecule has 0 spiro atoms. The third kappa shape index (κ3) is 2.47. The van der Waals surface area contributed by atoms with Gasteiger partial charge in [0.15, 0.2) is 0 Å². The molecule has 0 atom stereocenters. The van der Waals surface area contributed by atoms with Gasteiger partial charge in [-0.15, -0.1) is 0 Å². The van der Waals surface area contributed by atoms with E-state index in [9.17, 15) is 4.79 Å². The zero-order valence-corrected chi connectivity index (χ0v) is 10.8. The summed E-state index contributed by atoms with van der Waals surface area (Å²) in [4.78, 5) is 18.6. The number of anilines is 2. The van der Waals surface area contributed by atoms with E-state index in [1.165, 1.54) is 12.8 Å². The Morgan fingerprint density at radius 2 is 2.06 bits per heavy atom. The summed E-state index contributed by atoms with van der Waals surface area (Å²) in [6, 6.07) is 4.04. The van der Waals surface area contributed by atoms with Gasteiger partial charge < -0.3 is 10.2 Å². The predicted octanol–water partition coefficient (Wildman–Crippen LogP) is 2.34. The van der Waals surface area contributed by atoms with Crippen LogP contribution in [0.1, 0.15) is 31.2 Å². The van der Waals surface area contributed by atoms with Gasteiger partial charge in [-0.05, 0) is 50.3 Å². The topological polar surface area (TPSA) is 45.2 Å². The fourth-order valence-corrected chi connectivity index (χ4v) is 2.39. The van der Waals surface area contributed by atoms with E-state index in [-0.39, 0.29) is 11.8 Å². The molecule has 2 heterocycles. The molecule has 0 aromatic carbocycles. The maximum Gasteiger partial charge on any atom is 0.228 e. The maximum atomic E-state index is 11.8. The molecule has 1 aromatic rings. The lowest BCUT2D eigenvalue weighted by atomic mass is 10.2. The second-order valence-corrected chi connectivity index (χ2v) is 5.35. The van der Waals surface area contributed by atoms with Gasteiger partial charge in [0.05, 0.1) is 0 Å². The average molecular weight is 245 g/mol. The molecule has 1 aliphatic heterocycles. The number of carbonyl (C=O) groups excluding carboxylic acids is 1. The molecule has 0 bridgehead atoms. The van der Waals surface area contributed by atoms with Gasteiger partial charge in [0.25, 0.3) is 0 Å². The van der Waals surface area contributed by atoms with Crippen LogP contribution < -0.4 is 10.2 Å². The van der Waals surface area contributed by atoms with Crippen molar-refractivity contribution >= 4 is 17.5 Å². The van der Waals surface area contributed by atoms with Crippen molar-refractivity contribution in [2.75, 3.05) is 23.3 Å². The summed E-state index contributed by atoms with van der Waals surface area (Å²) >= 11 is 0. The number of hydrogen-bond acceptors (Lipinski definition) is 3. The SMILES string of the molecule is Cc1cc(NC(=O)C2CC2)nc(N2CCCC2)c1. The Morgan fingerprint density at radius 1 is 1.33 bits per heavy atom. The average Bonchev–Trinajstić information content (AvgIpc) is 3.04. The molecule has 3 rings (SSSR count). The second-order valence-electron chi connectivity index (χ2n) is 5.35. The molecule has 1 N–H and O–H groups in total. The molecule has 1 aliphatic carbocycles. The van der Waals surface area contributed by atoms with Crippen LogP contribution in [0, 0.1) is 12.8 Å². The van der Waals surface area contributed by atoms with Crippen molar-refractivity contribution < 1.29 is 4.79 Å². The molecule has 0 radical (unpaired) electrons. The molecule has 0 unspecified atom stereocenters. The van der Waals surface area contributed by atoms with Crippen LogP contribution in [-0.2, 0) is 4.79 Å². The van der Waals surface area contributed by atoms with Crippen molar-refractivity contribution in [2.45, 2.75) is 32.6 Å². The van der Waals surface area contributed by atoms with Gasteiger partial charge in [-0.3, -0.25) is 4.79 Å². The second kappa shape index (κ2) is 4.59. The van der Waals surface area contributed by atoms with Crippen LogP contribution in [0.2, 0.25) is 0 Å². The highest BCUT2D eigenvalue weighted by atomic mass is 16.2. The van der Waals surface area contributed by atoms with E-state index in [1.54, 1.807) is 0 Å². The summed E-state index contributed by atoms with van der Waals surface area (Å²) in [7, 11) is 0. The number of pyridine rings is 1. The van der Waals surface area contributed by atoms with Crippen LogP contribution in [-0.4, -0.2) is 24.0 Å². The summed E-state index contributed by atoms with van der Waals surface area (Å²) in [5, 5.41) is 2.93. The summed E-state index contributed by atoms with van der Waals surface area (Å²) in [5.74, 6) is 2.05. The number of amides is 1. The first-order chi connectivity index (χ1) is 8.72. The van der Waals surface area contributed by atoms with E-state index < -0.39 is 0 Å². The molecule has 1 saturated heterocycles. The number of carbonyl (C=O) groups is 1. The van der Waals surface area contributed by atoms with E-state index in [2.05, 4.69) is 21.3 Å². The minimum Gasteiger partial charge on any atom is -0.357 e. The standard InChI is InChI=1S/C14H19N3O/c1-10-8-12(16-14(18)11-4-5-11)15-13(9-10)17-6-2-3-7-17/h8-9,11H,2-7H2,1H3,(H,15,16,18). The Hall–Kier alpha value is -1.58. The molecular formula is C14H19N3O. The summed E-state index contributed by atoms with van der Waals surface area (Å²) < 4.78 is 0. The molecule has 2 fully saturated rings.